The molecule has 2 aliphatic rings. The summed E-state index contributed by atoms with van der Waals surface area (Å²) in [4.78, 5) is 39.1. The highest BCUT2D eigenvalue weighted by molar-refractivity contribution is 6.37. The number of nitrogens with zero attached hydrogens (tertiary/aromatic N) is 3. The lowest BCUT2D eigenvalue weighted by Gasteiger charge is -2.32. The minimum Gasteiger partial charge on any atom is -0.465 e. The first-order chi connectivity index (χ1) is 27.3. The molecule has 8 nitrogen and oxygen atoms in total. The number of methoxy groups -OCH3 is 1. The fourth-order valence-corrected chi connectivity index (χ4v) is 3.76. The Morgan fingerprint density at radius 2 is 1.80 bits per heavy atom. The number of benzene rings is 3. The summed E-state index contributed by atoms with van der Waals surface area (Å²) in [5.41, 5.74) is -3.58. The minimum absolute atomic E-state index is 0.00520. The van der Waals surface area contributed by atoms with E-state index in [1.165, 1.54) is 24.3 Å². The smallest absolute Gasteiger partial charge is 0.337 e. The molecule has 2 amide bonds. The molecule has 0 aliphatic carbocycles. The van der Waals surface area contributed by atoms with Crippen molar-refractivity contribution in [1.29, 1.82) is 0 Å². The summed E-state index contributed by atoms with van der Waals surface area (Å²) in [5.74, 6) is -4.55. The van der Waals surface area contributed by atoms with Crippen molar-refractivity contribution in [1.82, 2.24) is 9.80 Å². The van der Waals surface area contributed by atoms with Crippen molar-refractivity contribution in [2.75, 3.05) is 63.8 Å². The summed E-state index contributed by atoms with van der Waals surface area (Å²) in [5, 5.41) is 2.40. The summed E-state index contributed by atoms with van der Waals surface area (Å²) in [6, 6.07) is 0.676. The number of carbonyl (C=O) groups excluding carboxylic acids is 3. The van der Waals surface area contributed by atoms with E-state index < -0.39 is 133 Å². The van der Waals surface area contributed by atoms with Gasteiger partial charge >= 0.3 is 5.97 Å². The van der Waals surface area contributed by atoms with Crippen LogP contribution in [-0.4, -0.2) is 81.2 Å². The van der Waals surface area contributed by atoms with E-state index in [4.69, 9.17) is 27.4 Å². The zero-order valence-electron chi connectivity index (χ0n) is 41.1. The number of likely N-dealkylation sites (N-methyl/N-ethyl adjacent to an activating group) is 2. The third kappa shape index (κ3) is 5.83. The fraction of sp³-hybridized carbons (Fsp3) is 0.281. The van der Waals surface area contributed by atoms with Crippen LogP contribution in [0.15, 0.2) is 72.6 Å². The van der Waals surface area contributed by atoms with Gasteiger partial charge < -0.3 is 19.9 Å². The monoisotopic (exact) mass is 558 g/mol. The molecule has 1 saturated heterocycles. The van der Waals surface area contributed by atoms with Gasteiger partial charge in [0.25, 0.3) is 5.91 Å². The second kappa shape index (κ2) is 11.9. The number of hydrogen-bond donors (Lipinski definition) is 1. The van der Waals surface area contributed by atoms with Crippen molar-refractivity contribution in [3.05, 3.63) is 94.9 Å². The molecule has 0 atom stereocenters. The highest BCUT2D eigenvalue weighted by Crippen LogP contribution is 2.39. The topological polar surface area (TPSA) is 82.2 Å². The first kappa shape index (κ1) is 12.1. The van der Waals surface area contributed by atoms with Crippen LogP contribution in [-0.2, 0) is 20.7 Å². The largest absolute Gasteiger partial charge is 0.465 e. The van der Waals surface area contributed by atoms with Crippen molar-refractivity contribution < 1.29 is 46.5 Å². The predicted molar refractivity (Wildman–Crippen MR) is 157 cm³/mol. The fourth-order valence-electron chi connectivity index (χ4n) is 3.76. The normalized spacial score (nSPS) is 29.7. The Balaban J connectivity index is 1.75. The van der Waals surface area contributed by atoms with E-state index in [9.17, 15) is 14.4 Å². The van der Waals surface area contributed by atoms with Crippen molar-refractivity contribution in [3.8, 4) is 0 Å². The van der Waals surface area contributed by atoms with Crippen LogP contribution in [0.4, 0.5) is 11.4 Å². The maximum Gasteiger partial charge on any atom is 0.337 e. The molecule has 2 aliphatic heterocycles. The molecule has 1 N–H and O–H groups in total. The van der Waals surface area contributed by atoms with Crippen molar-refractivity contribution in [2.24, 2.45) is 0 Å². The third-order valence-electron chi connectivity index (χ3n) is 5.65. The van der Waals surface area contributed by atoms with Crippen LogP contribution in [0.2, 0.25) is 0 Å². The highest BCUT2D eigenvalue weighted by atomic mass is 16.5. The molecule has 3 aromatic rings. The Morgan fingerprint density at radius 1 is 1.07 bits per heavy atom. The Bertz CT molecular complexity index is 2310. The second-order valence-corrected chi connectivity index (χ2v) is 8.26. The van der Waals surface area contributed by atoms with E-state index >= 15 is 0 Å². The molecule has 206 valence electrons. The molecule has 3 aromatic carbocycles. The standard InChI is InChI=1S/C32H34N4O4/c1-34-15-17-36(18-16-34)21-29(37)35(2)25-12-9-22(10-13-25)19-27(23-7-5-4-6-8-23)30-26-14-11-24(32(39)40-3)20-28(26)33-31(30)38/h4-14,20H,15-19,21H2,1-3H3,(H,33,38)/b30-27+/i2D3,9D,10D,11D,12D,13D,14D,15D2,16D2,17D2,18D2,20D,21D2. The van der Waals surface area contributed by atoms with Crippen LogP contribution in [0.1, 0.15) is 54.5 Å². The van der Waals surface area contributed by atoms with Crippen LogP contribution in [0.5, 0.6) is 0 Å². The molecular formula is C32H34N4O4. The summed E-state index contributed by atoms with van der Waals surface area (Å²) >= 11 is 0. The molecule has 0 spiro atoms. The molecule has 8 heteroatoms. The average Bonchev–Trinajstić information content (AvgIpc) is 3.49. The number of piperazine rings is 1. The molecule has 5 rings (SSSR count). The molecule has 0 saturated carbocycles. The Kier molecular flexibility index (Phi) is 3.58. The Morgan fingerprint density at radius 3 is 2.48 bits per heavy atom. The predicted octanol–water partition coefficient (Wildman–Crippen LogP) is 3.79. The van der Waals surface area contributed by atoms with Gasteiger partial charge in [-0.15, -0.1) is 0 Å². The lowest BCUT2D eigenvalue weighted by molar-refractivity contribution is -0.119. The number of fused-ring (bicyclic) bond motifs is 1. The maximum absolute atomic E-state index is 14.2. The molecule has 1 fully saturated rings. The lowest BCUT2D eigenvalue weighted by atomic mass is 9.90. The van der Waals surface area contributed by atoms with E-state index in [2.05, 4.69) is 10.1 Å². The van der Waals surface area contributed by atoms with Crippen LogP contribution in [0.3, 0.4) is 0 Å². The van der Waals surface area contributed by atoms with Crippen molar-refractivity contribution >= 4 is 40.3 Å². The van der Waals surface area contributed by atoms with Gasteiger partial charge in [0.2, 0.25) is 5.91 Å². The van der Waals surface area contributed by atoms with Gasteiger partial charge in [0.1, 0.15) is 0 Å². The number of nitrogens with one attached hydrogen (secondary N) is 1. The number of esters is 1. The number of ether oxygens (including phenoxy) is 1. The molecule has 0 bridgehead atoms. The number of amides is 2. The molecule has 40 heavy (non-hydrogen) atoms. The molecule has 0 aromatic heterocycles. The first-order valence-electron chi connectivity index (χ1n) is 21.6. The summed E-state index contributed by atoms with van der Waals surface area (Å²) < 4.78 is 174. The number of carbonyl (C=O) groups is 3. The van der Waals surface area contributed by atoms with E-state index in [1.807, 2.05) is 0 Å². The zero-order valence-corrected chi connectivity index (χ0v) is 21.1. The van der Waals surface area contributed by atoms with Gasteiger partial charge in [-0.25, -0.2) is 4.79 Å². The molecule has 0 radical (unpaired) electrons. The van der Waals surface area contributed by atoms with E-state index in [0.29, 0.717) is 7.05 Å². The lowest BCUT2D eigenvalue weighted by Crippen LogP contribution is -2.48. The van der Waals surface area contributed by atoms with Gasteiger partial charge in [0, 0.05) is 65.0 Å². The number of anilines is 2. The van der Waals surface area contributed by atoms with Crippen LogP contribution in [0.25, 0.3) is 11.1 Å². The summed E-state index contributed by atoms with van der Waals surface area (Å²) in [6.07, 6.45) is -0.727. The zero-order chi connectivity index (χ0) is 45.8. The van der Waals surface area contributed by atoms with Crippen LogP contribution < -0.4 is 10.2 Å². The summed E-state index contributed by atoms with van der Waals surface area (Å²) in [7, 11) is 1.64. The van der Waals surface area contributed by atoms with E-state index in [-0.39, 0.29) is 32.9 Å². The number of hydrogen-bond acceptors (Lipinski definition) is 6. The van der Waals surface area contributed by atoms with Gasteiger partial charge in [0.05, 0.1) is 37.1 Å². The van der Waals surface area contributed by atoms with Gasteiger partial charge in [-0.05, 0) is 54.3 Å². The van der Waals surface area contributed by atoms with E-state index in [1.54, 1.807) is 6.07 Å². The Labute approximate surface area is 262 Å². The maximum atomic E-state index is 14.2. The highest BCUT2D eigenvalue weighted by Gasteiger charge is 2.29. The van der Waals surface area contributed by atoms with Crippen LogP contribution >= 0.6 is 0 Å². The molecule has 2 heterocycles. The quantitative estimate of drug-likeness (QED) is 0.351. The van der Waals surface area contributed by atoms with E-state index in [0.717, 1.165) is 7.11 Å². The molecule has 0 unspecified atom stereocenters. The summed E-state index contributed by atoms with van der Waals surface area (Å²) in [6.45, 7) is -23.4. The third-order valence-corrected chi connectivity index (χ3v) is 5.65. The average molecular weight is 559 g/mol. The SMILES string of the molecule is [2H]c1c([2H])c(N(C(=O)C([2H])([2H])N2C([2H])([2H])C([2H])([2H])N(C)C([2H])([2H])C2([2H])[2H])C([2H])([2H])[2H])c([2H])c([2H])c1C/C(=C1\C(=O)Nc2c([2H])c(C(=O)OC)c([2H])c([2H])c21)c1ccccc1. The minimum atomic E-state index is -4.34. The first-order valence-corrected chi connectivity index (χ1v) is 11.6. The number of allylic oxidation sites excluding steroid dienone is 1. The second-order valence-electron chi connectivity index (χ2n) is 8.26. The van der Waals surface area contributed by atoms with Gasteiger partial charge in [-0.2, -0.15) is 0 Å². The number of rotatable bonds is 7. The Hall–Kier alpha value is -4.27. The van der Waals surface area contributed by atoms with Gasteiger partial charge in [0.15, 0.2) is 0 Å². The van der Waals surface area contributed by atoms with Crippen LogP contribution in [0, 0.1) is 0 Å². The van der Waals surface area contributed by atoms with Crippen molar-refractivity contribution in [2.45, 2.75) is 6.42 Å². The van der Waals surface area contributed by atoms with Crippen molar-refractivity contribution in [3.63, 3.8) is 0 Å². The van der Waals surface area contributed by atoms with Gasteiger partial charge in [-0.1, -0.05) is 48.5 Å². The van der Waals surface area contributed by atoms with Gasteiger partial charge in [-0.3, -0.25) is 14.5 Å². The molecular weight excluding hydrogens is 504 g/mol.